The van der Waals surface area contributed by atoms with Crippen LogP contribution in [0.5, 0.6) is 0 Å². The SMILES string of the molecule is CC/C=C\C/C=C\C/C=C\C/C=C\C/C=C\C/C=C\C/C=C\C/C=C\CCCCCCCCCCC(=O)OC(COC(=O)CCCCCCCCCCCCCCCCCCCCCCCCCCCCCCCCC)COP(=O)(O)OCCN. The molecule has 0 saturated carbocycles. The van der Waals surface area contributed by atoms with Crippen molar-refractivity contribution in [3.05, 3.63) is 97.2 Å². The van der Waals surface area contributed by atoms with Crippen LogP contribution in [-0.2, 0) is 32.7 Å². The number of hydrogen-bond donors (Lipinski definition) is 2. The fraction of sp³-hybridized carbons (Fsp3) is 0.760. The predicted molar refractivity (Wildman–Crippen MR) is 367 cm³/mol. The highest BCUT2D eigenvalue weighted by Gasteiger charge is 2.26. The second kappa shape index (κ2) is 70.0. The van der Waals surface area contributed by atoms with E-state index in [1.54, 1.807) is 0 Å². The number of allylic oxidation sites excluding steroid dienone is 16. The highest BCUT2D eigenvalue weighted by molar-refractivity contribution is 7.47. The van der Waals surface area contributed by atoms with Crippen LogP contribution in [0.3, 0.4) is 0 Å². The van der Waals surface area contributed by atoms with E-state index < -0.39 is 26.5 Å². The van der Waals surface area contributed by atoms with Gasteiger partial charge in [-0.15, -0.1) is 0 Å². The minimum absolute atomic E-state index is 0.0492. The molecule has 0 amide bonds. The molecule has 10 heteroatoms. The Bertz CT molecular complexity index is 1720. The lowest BCUT2D eigenvalue weighted by Crippen LogP contribution is -2.29. The van der Waals surface area contributed by atoms with Crippen molar-refractivity contribution < 1.29 is 37.6 Å². The van der Waals surface area contributed by atoms with Gasteiger partial charge in [0, 0.05) is 19.4 Å². The van der Waals surface area contributed by atoms with E-state index in [1.807, 2.05) is 0 Å². The van der Waals surface area contributed by atoms with Crippen molar-refractivity contribution in [1.29, 1.82) is 0 Å². The third-order valence-corrected chi connectivity index (χ3v) is 16.5. The predicted octanol–water partition coefficient (Wildman–Crippen LogP) is 23.5. The molecule has 0 aromatic heterocycles. The van der Waals surface area contributed by atoms with Gasteiger partial charge in [-0.25, -0.2) is 4.57 Å². The third-order valence-electron chi connectivity index (χ3n) is 15.5. The summed E-state index contributed by atoms with van der Waals surface area (Å²) in [6, 6.07) is 0. The summed E-state index contributed by atoms with van der Waals surface area (Å²) in [5.41, 5.74) is 5.40. The van der Waals surface area contributed by atoms with Gasteiger partial charge in [0.2, 0.25) is 0 Å². The molecule has 85 heavy (non-hydrogen) atoms. The highest BCUT2D eigenvalue weighted by atomic mass is 31.2. The molecule has 3 N–H and O–H groups in total. The summed E-state index contributed by atoms with van der Waals surface area (Å²) in [5.74, 6) is -0.828. The zero-order valence-corrected chi connectivity index (χ0v) is 56.2. The molecule has 0 aliphatic heterocycles. The van der Waals surface area contributed by atoms with Crippen molar-refractivity contribution in [1.82, 2.24) is 0 Å². The molecule has 0 spiro atoms. The molecule has 0 aliphatic rings. The van der Waals surface area contributed by atoms with Crippen LogP contribution in [0.25, 0.3) is 0 Å². The van der Waals surface area contributed by atoms with Gasteiger partial charge < -0.3 is 20.1 Å². The molecule has 0 bridgehead atoms. The Balaban J connectivity index is 3.90. The average Bonchev–Trinajstić information content (AvgIpc) is 3.52. The zero-order chi connectivity index (χ0) is 61.6. The Morgan fingerprint density at radius 2 is 0.647 bits per heavy atom. The summed E-state index contributed by atoms with van der Waals surface area (Å²) in [4.78, 5) is 35.4. The Morgan fingerprint density at radius 1 is 0.365 bits per heavy atom. The molecule has 0 aromatic rings. The van der Waals surface area contributed by atoms with E-state index in [0.29, 0.717) is 6.42 Å². The number of nitrogens with two attached hydrogens (primary N) is 1. The number of rotatable bonds is 67. The molecule has 0 aliphatic carbocycles. The first-order valence-electron chi connectivity index (χ1n) is 35.7. The van der Waals surface area contributed by atoms with Crippen molar-refractivity contribution in [2.45, 2.75) is 341 Å². The van der Waals surface area contributed by atoms with Gasteiger partial charge >= 0.3 is 19.8 Å². The lowest BCUT2D eigenvalue weighted by molar-refractivity contribution is -0.161. The number of ether oxygens (including phenoxy) is 2. The van der Waals surface area contributed by atoms with Gasteiger partial charge in [-0.2, -0.15) is 0 Å². The second-order valence-corrected chi connectivity index (χ2v) is 25.2. The van der Waals surface area contributed by atoms with E-state index >= 15 is 0 Å². The highest BCUT2D eigenvalue weighted by Crippen LogP contribution is 2.43. The normalized spacial score (nSPS) is 13.5. The Kier molecular flexibility index (Phi) is 67.5. The molecule has 0 saturated heterocycles. The van der Waals surface area contributed by atoms with Crippen LogP contribution in [-0.4, -0.2) is 49.3 Å². The lowest BCUT2D eigenvalue weighted by atomic mass is 10.0. The summed E-state index contributed by atoms with van der Waals surface area (Å²) in [5, 5.41) is 0. The standard InChI is InChI=1S/C75H134NO8P/c1-3-5-7-9-11-13-15-17-19-21-23-25-27-29-31-33-35-36-38-40-42-44-46-48-50-52-54-56-58-60-62-64-66-68-75(78)84-73(72-83-85(79,80)82-70-69-76)71-81-74(77)67-65-63-61-59-57-55-53-51-49-47-45-43-41-39-37-34-32-30-28-26-24-22-20-18-16-14-12-10-8-6-4-2/h5,7,11,13,17,19,23,25,29,31,35-36,40,42,46,48,73H,3-4,6,8-10,12,14-16,18,20-22,24,26-28,30,32-34,37-39,41,43-45,47,49-72,76H2,1-2H3,(H,79,80)/b7-5-,13-11-,19-17-,25-23-,31-29-,36-35-,42-40-,48-46-. The maximum atomic E-state index is 12.8. The zero-order valence-electron chi connectivity index (χ0n) is 55.3. The van der Waals surface area contributed by atoms with E-state index in [9.17, 15) is 19.0 Å². The largest absolute Gasteiger partial charge is 0.472 e. The van der Waals surface area contributed by atoms with E-state index in [0.717, 1.165) is 96.3 Å². The van der Waals surface area contributed by atoms with E-state index in [-0.39, 0.29) is 38.6 Å². The number of esters is 2. The maximum Gasteiger partial charge on any atom is 0.472 e. The second-order valence-electron chi connectivity index (χ2n) is 23.7. The Hall–Kier alpha value is -3.07. The smallest absolute Gasteiger partial charge is 0.462 e. The summed E-state index contributed by atoms with van der Waals surface area (Å²) in [6.45, 7) is 3.66. The van der Waals surface area contributed by atoms with Gasteiger partial charge in [0.15, 0.2) is 6.10 Å². The molecule has 2 unspecified atom stereocenters. The monoisotopic (exact) mass is 1210 g/mol. The van der Waals surface area contributed by atoms with Crippen LogP contribution in [0.2, 0.25) is 0 Å². The molecular formula is C75H134NO8P. The number of carbonyl (C=O) groups excluding carboxylic acids is 2. The molecule has 0 rings (SSSR count). The van der Waals surface area contributed by atoms with E-state index in [2.05, 4.69) is 111 Å². The lowest BCUT2D eigenvalue weighted by Gasteiger charge is -2.19. The van der Waals surface area contributed by atoms with Crippen LogP contribution < -0.4 is 5.73 Å². The van der Waals surface area contributed by atoms with Gasteiger partial charge in [0.25, 0.3) is 0 Å². The molecule has 0 heterocycles. The molecule has 492 valence electrons. The van der Waals surface area contributed by atoms with Crippen LogP contribution in [0, 0.1) is 0 Å². The van der Waals surface area contributed by atoms with Crippen molar-refractivity contribution in [3.8, 4) is 0 Å². The van der Waals surface area contributed by atoms with Crippen molar-refractivity contribution in [2.75, 3.05) is 26.4 Å². The van der Waals surface area contributed by atoms with Crippen LogP contribution >= 0.6 is 7.82 Å². The summed E-state index contributed by atoms with van der Waals surface area (Å²) < 4.78 is 33.2. The van der Waals surface area contributed by atoms with E-state index in [1.165, 1.54) is 205 Å². The molecule has 0 radical (unpaired) electrons. The molecule has 9 nitrogen and oxygen atoms in total. The fourth-order valence-corrected chi connectivity index (χ4v) is 11.0. The van der Waals surface area contributed by atoms with Crippen LogP contribution in [0.15, 0.2) is 97.2 Å². The maximum absolute atomic E-state index is 12.8. The van der Waals surface area contributed by atoms with Gasteiger partial charge in [0.05, 0.1) is 13.2 Å². The number of unbranched alkanes of at least 4 members (excludes halogenated alkanes) is 38. The van der Waals surface area contributed by atoms with Crippen molar-refractivity contribution >= 4 is 19.8 Å². The van der Waals surface area contributed by atoms with Crippen molar-refractivity contribution in [2.24, 2.45) is 5.73 Å². The van der Waals surface area contributed by atoms with Crippen LogP contribution in [0.1, 0.15) is 335 Å². The Labute approximate surface area is 525 Å². The first-order valence-corrected chi connectivity index (χ1v) is 37.2. The summed E-state index contributed by atoms with van der Waals surface area (Å²) >= 11 is 0. The molecule has 0 fully saturated rings. The molecule has 2 atom stereocenters. The first kappa shape index (κ1) is 81.9. The fourth-order valence-electron chi connectivity index (χ4n) is 10.2. The first-order chi connectivity index (χ1) is 41.8. The summed E-state index contributed by atoms with van der Waals surface area (Å²) in [6.07, 6.45) is 95.1. The average molecular weight is 1210 g/mol. The molecule has 0 aromatic carbocycles. The minimum Gasteiger partial charge on any atom is -0.462 e. The number of hydrogen-bond acceptors (Lipinski definition) is 8. The summed E-state index contributed by atoms with van der Waals surface area (Å²) in [7, 11) is -4.40. The van der Waals surface area contributed by atoms with Crippen LogP contribution in [0.4, 0.5) is 0 Å². The number of phosphoric acid groups is 1. The minimum atomic E-state index is -4.40. The number of phosphoric ester groups is 1. The van der Waals surface area contributed by atoms with Crippen molar-refractivity contribution in [3.63, 3.8) is 0 Å². The topological polar surface area (TPSA) is 134 Å². The van der Waals surface area contributed by atoms with Gasteiger partial charge in [-0.05, 0) is 77.0 Å². The van der Waals surface area contributed by atoms with Gasteiger partial charge in [-0.3, -0.25) is 18.6 Å². The third kappa shape index (κ3) is 69.9. The van der Waals surface area contributed by atoms with Gasteiger partial charge in [-0.1, -0.05) is 342 Å². The van der Waals surface area contributed by atoms with E-state index in [4.69, 9.17) is 24.3 Å². The molecular weight excluding hydrogens is 1070 g/mol. The quantitative estimate of drug-likeness (QED) is 0.0264. The van der Waals surface area contributed by atoms with Gasteiger partial charge in [0.1, 0.15) is 6.61 Å². The number of carbonyl (C=O) groups is 2. The Morgan fingerprint density at radius 3 is 0.965 bits per heavy atom.